The van der Waals surface area contributed by atoms with E-state index in [9.17, 15) is 5.11 Å². The molecule has 2 heteroatoms. The summed E-state index contributed by atoms with van der Waals surface area (Å²) in [6, 6.07) is 14.5. The van der Waals surface area contributed by atoms with Crippen LogP contribution in [-0.4, -0.2) is 5.11 Å². The third-order valence-corrected chi connectivity index (χ3v) is 4.17. The minimum Gasteiger partial charge on any atom is -0.384 e. The van der Waals surface area contributed by atoms with Crippen molar-refractivity contribution in [3.8, 4) is 10.4 Å². The Bertz CT molecular complexity index is 468. The van der Waals surface area contributed by atoms with Crippen molar-refractivity contribution in [2.75, 3.05) is 0 Å². The summed E-state index contributed by atoms with van der Waals surface area (Å²) in [4.78, 5) is 2.35. The number of benzene rings is 1. The van der Waals surface area contributed by atoms with Gasteiger partial charge in [0.2, 0.25) is 0 Å². The fourth-order valence-corrected chi connectivity index (χ4v) is 2.87. The second kappa shape index (κ2) is 3.19. The Morgan fingerprint density at radius 1 is 1.00 bits per heavy atom. The Labute approximate surface area is 93.0 Å². The minimum absolute atomic E-state index is 0.488. The average Bonchev–Trinajstić information content (AvgIpc) is 2.85. The summed E-state index contributed by atoms with van der Waals surface area (Å²) in [5.41, 5.74) is 0.746. The van der Waals surface area contributed by atoms with Crippen LogP contribution in [0.1, 0.15) is 17.7 Å². The Kier molecular flexibility index (Phi) is 1.94. The van der Waals surface area contributed by atoms with Gasteiger partial charge in [-0.2, -0.15) is 0 Å². The highest BCUT2D eigenvalue weighted by Crippen LogP contribution is 2.49. The van der Waals surface area contributed by atoms with Crippen LogP contribution >= 0.6 is 11.3 Å². The third-order valence-electron chi connectivity index (χ3n) is 2.85. The van der Waals surface area contributed by atoms with Crippen LogP contribution in [0.15, 0.2) is 42.5 Å². The third kappa shape index (κ3) is 1.60. The molecule has 1 saturated carbocycles. The zero-order valence-corrected chi connectivity index (χ0v) is 9.13. The summed E-state index contributed by atoms with van der Waals surface area (Å²) in [7, 11) is 0. The predicted molar refractivity (Wildman–Crippen MR) is 62.9 cm³/mol. The smallest absolute Gasteiger partial charge is 0.0990 e. The molecule has 0 aliphatic heterocycles. The fourth-order valence-electron chi connectivity index (χ4n) is 1.71. The molecular formula is C13H12OS. The topological polar surface area (TPSA) is 20.2 Å². The first-order valence-corrected chi connectivity index (χ1v) is 5.98. The molecule has 1 aromatic carbocycles. The Balaban J connectivity index is 1.97. The zero-order chi connectivity index (χ0) is 10.3. The van der Waals surface area contributed by atoms with Gasteiger partial charge >= 0.3 is 0 Å². The van der Waals surface area contributed by atoms with Crippen LogP contribution in [-0.2, 0) is 5.60 Å². The summed E-state index contributed by atoms with van der Waals surface area (Å²) < 4.78 is 0. The van der Waals surface area contributed by atoms with Gasteiger partial charge in [0.05, 0.1) is 5.60 Å². The zero-order valence-electron chi connectivity index (χ0n) is 8.31. The summed E-state index contributed by atoms with van der Waals surface area (Å²) in [5, 5.41) is 9.97. The summed E-state index contributed by atoms with van der Waals surface area (Å²) in [6.45, 7) is 0. The number of thiophene rings is 1. The van der Waals surface area contributed by atoms with E-state index in [2.05, 4.69) is 24.3 Å². The van der Waals surface area contributed by atoms with Gasteiger partial charge in [-0.05, 0) is 30.5 Å². The molecule has 0 bridgehead atoms. The van der Waals surface area contributed by atoms with Gasteiger partial charge < -0.3 is 5.11 Å². The molecule has 1 aliphatic rings. The van der Waals surface area contributed by atoms with Gasteiger partial charge in [0.1, 0.15) is 0 Å². The molecule has 2 aromatic rings. The Morgan fingerprint density at radius 2 is 1.73 bits per heavy atom. The number of hydrogen-bond acceptors (Lipinski definition) is 2. The maximum atomic E-state index is 9.97. The van der Waals surface area contributed by atoms with Gasteiger partial charge in [-0.1, -0.05) is 30.3 Å². The Hall–Kier alpha value is -1.12. The first-order chi connectivity index (χ1) is 7.28. The molecule has 1 aliphatic carbocycles. The molecule has 15 heavy (non-hydrogen) atoms. The molecule has 1 nitrogen and oxygen atoms in total. The summed E-state index contributed by atoms with van der Waals surface area (Å²) in [6.07, 6.45) is 1.84. The van der Waals surface area contributed by atoms with E-state index in [1.807, 2.05) is 18.2 Å². The summed E-state index contributed by atoms with van der Waals surface area (Å²) in [5.74, 6) is 0. The molecule has 0 amide bonds. The SMILES string of the molecule is OC1(c2ccc(-c3ccccc3)s2)CC1. The Morgan fingerprint density at radius 3 is 2.40 bits per heavy atom. The van der Waals surface area contributed by atoms with Crippen LogP contribution in [0.2, 0.25) is 0 Å². The average molecular weight is 216 g/mol. The van der Waals surface area contributed by atoms with E-state index in [1.165, 1.54) is 10.4 Å². The number of hydrogen-bond donors (Lipinski definition) is 1. The van der Waals surface area contributed by atoms with Crippen LogP contribution in [0.4, 0.5) is 0 Å². The molecule has 0 spiro atoms. The molecule has 1 aromatic heterocycles. The van der Waals surface area contributed by atoms with E-state index in [0.29, 0.717) is 0 Å². The molecule has 76 valence electrons. The van der Waals surface area contributed by atoms with Gasteiger partial charge in [-0.3, -0.25) is 0 Å². The summed E-state index contributed by atoms with van der Waals surface area (Å²) >= 11 is 1.71. The minimum atomic E-state index is -0.488. The maximum Gasteiger partial charge on any atom is 0.0990 e. The first-order valence-electron chi connectivity index (χ1n) is 5.16. The van der Waals surface area contributed by atoms with Gasteiger partial charge in [0.25, 0.3) is 0 Å². The molecule has 0 saturated heterocycles. The lowest BCUT2D eigenvalue weighted by Gasteiger charge is -2.02. The van der Waals surface area contributed by atoms with Crippen LogP contribution in [0.5, 0.6) is 0 Å². The molecule has 3 rings (SSSR count). The standard InChI is InChI=1S/C13H12OS/c14-13(8-9-13)12-7-6-11(15-12)10-4-2-1-3-5-10/h1-7,14H,8-9H2. The van der Waals surface area contributed by atoms with Crippen molar-refractivity contribution in [2.45, 2.75) is 18.4 Å². The van der Waals surface area contributed by atoms with Crippen LogP contribution in [0.3, 0.4) is 0 Å². The van der Waals surface area contributed by atoms with E-state index in [-0.39, 0.29) is 0 Å². The highest BCUT2D eigenvalue weighted by Gasteiger charge is 2.43. The van der Waals surface area contributed by atoms with Gasteiger partial charge in [-0.25, -0.2) is 0 Å². The number of rotatable bonds is 2. The van der Waals surface area contributed by atoms with Crippen molar-refractivity contribution in [1.82, 2.24) is 0 Å². The molecule has 0 unspecified atom stereocenters. The molecule has 0 atom stereocenters. The van der Waals surface area contributed by atoms with Crippen molar-refractivity contribution in [2.24, 2.45) is 0 Å². The normalized spacial score (nSPS) is 17.7. The lowest BCUT2D eigenvalue weighted by Crippen LogP contribution is -1.99. The highest BCUT2D eigenvalue weighted by atomic mass is 32.1. The van der Waals surface area contributed by atoms with Gasteiger partial charge in [0.15, 0.2) is 0 Å². The molecular weight excluding hydrogens is 204 g/mol. The second-order valence-corrected chi connectivity index (χ2v) is 5.15. The lowest BCUT2D eigenvalue weighted by atomic mass is 10.2. The van der Waals surface area contributed by atoms with Crippen molar-refractivity contribution in [3.63, 3.8) is 0 Å². The molecule has 1 fully saturated rings. The fraction of sp³-hybridized carbons (Fsp3) is 0.231. The van der Waals surface area contributed by atoms with Crippen molar-refractivity contribution >= 4 is 11.3 Å². The van der Waals surface area contributed by atoms with Crippen LogP contribution in [0.25, 0.3) is 10.4 Å². The van der Waals surface area contributed by atoms with E-state index in [4.69, 9.17) is 0 Å². The largest absolute Gasteiger partial charge is 0.384 e. The predicted octanol–water partition coefficient (Wildman–Crippen LogP) is 3.40. The van der Waals surface area contributed by atoms with Crippen molar-refractivity contribution in [3.05, 3.63) is 47.3 Å². The van der Waals surface area contributed by atoms with E-state index in [0.717, 1.165) is 17.7 Å². The molecule has 1 N–H and O–H groups in total. The first kappa shape index (κ1) is 9.13. The highest BCUT2D eigenvalue weighted by molar-refractivity contribution is 7.15. The maximum absolute atomic E-state index is 9.97. The molecule has 0 radical (unpaired) electrons. The van der Waals surface area contributed by atoms with Gasteiger partial charge in [-0.15, -0.1) is 11.3 Å². The van der Waals surface area contributed by atoms with Crippen LogP contribution in [0, 0.1) is 0 Å². The number of aliphatic hydroxyl groups is 1. The van der Waals surface area contributed by atoms with Crippen molar-refractivity contribution < 1.29 is 5.11 Å². The van der Waals surface area contributed by atoms with Crippen molar-refractivity contribution in [1.29, 1.82) is 0 Å². The van der Waals surface area contributed by atoms with E-state index >= 15 is 0 Å². The second-order valence-electron chi connectivity index (χ2n) is 4.06. The van der Waals surface area contributed by atoms with Gasteiger partial charge in [0, 0.05) is 9.75 Å². The molecule has 1 heterocycles. The van der Waals surface area contributed by atoms with Crippen LogP contribution < -0.4 is 0 Å². The monoisotopic (exact) mass is 216 g/mol. The van der Waals surface area contributed by atoms with E-state index in [1.54, 1.807) is 11.3 Å². The lowest BCUT2D eigenvalue weighted by molar-refractivity contribution is 0.155. The quantitative estimate of drug-likeness (QED) is 0.815. The van der Waals surface area contributed by atoms with E-state index < -0.39 is 5.60 Å².